The van der Waals surface area contributed by atoms with Crippen LogP contribution in [0.5, 0.6) is 0 Å². The van der Waals surface area contributed by atoms with E-state index in [1.54, 1.807) is 0 Å². The predicted molar refractivity (Wildman–Crippen MR) is 69.3 cm³/mol. The fourth-order valence-corrected chi connectivity index (χ4v) is 2.17. The van der Waals surface area contributed by atoms with Gasteiger partial charge in [-0.15, -0.1) is 0 Å². The molecule has 0 saturated heterocycles. The van der Waals surface area contributed by atoms with Gasteiger partial charge in [-0.05, 0) is 50.7 Å². The molecule has 0 bridgehead atoms. The van der Waals surface area contributed by atoms with Crippen molar-refractivity contribution in [3.63, 3.8) is 0 Å². The van der Waals surface area contributed by atoms with Gasteiger partial charge in [0, 0.05) is 5.57 Å². The lowest BCUT2D eigenvalue weighted by atomic mass is 9.71. The van der Waals surface area contributed by atoms with Crippen LogP contribution in [0.3, 0.4) is 0 Å². The van der Waals surface area contributed by atoms with Gasteiger partial charge < -0.3 is 0 Å². The molecule has 0 unspecified atom stereocenters. The Balaban J connectivity index is 3.31. The van der Waals surface area contributed by atoms with E-state index in [1.807, 2.05) is 19.9 Å². The van der Waals surface area contributed by atoms with Gasteiger partial charge in [0.1, 0.15) is 0 Å². The zero-order valence-electron chi connectivity index (χ0n) is 11.3. The summed E-state index contributed by atoms with van der Waals surface area (Å²) in [5.74, 6) is 0.206. The molecule has 0 aliphatic heterocycles. The lowest BCUT2D eigenvalue weighted by Gasteiger charge is -2.32. The Labute approximate surface area is 98.9 Å². The van der Waals surface area contributed by atoms with Crippen molar-refractivity contribution in [3.8, 4) is 0 Å². The van der Waals surface area contributed by atoms with Crippen LogP contribution in [0, 0.1) is 5.41 Å². The summed E-state index contributed by atoms with van der Waals surface area (Å²) < 4.78 is 0. The molecule has 0 spiro atoms. The summed E-state index contributed by atoms with van der Waals surface area (Å²) in [6, 6.07) is 0. The molecule has 0 heterocycles. The average Bonchev–Trinajstić information content (AvgIpc) is 2.22. The Kier molecular flexibility index (Phi) is 3.57. The molecule has 0 radical (unpaired) electrons. The number of rotatable bonds is 2. The average molecular weight is 218 g/mol. The van der Waals surface area contributed by atoms with Crippen LogP contribution in [-0.2, 0) is 4.79 Å². The molecule has 1 aliphatic carbocycles. The maximum Gasteiger partial charge on any atom is 0.185 e. The molecule has 1 rings (SSSR count). The standard InChI is InChI=1S/C15H22O/c1-7-10(2)14(16)13-12(4)11(3)8-9-15(13,5)6/h7-8H,9H2,1-6H3. The smallest absolute Gasteiger partial charge is 0.185 e. The van der Waals surface area contributed by atoms with Crippen LogP contribution in [0.1, 0.15) is 48.0 Å². The number of carbonyl (C=O) groups is 1. The Morgan fingerprint density at radius 3 is 2.44 bits per heavy atom. The largest absolute Gasteiger partial charge is 0.289 e. The summed E-state index contributed by atoms with van der Waals surface area (Å²) in [6.07, 6.45) is 5.08. The second-order valence-electron chi connectivity index (χ2n) is 5.28. The summed E-state index contributed by atoms with van der Waals surface area (Å²) in [7, 11) is 0. The summed E-state index contributed by atoms with van der Waals surface area (Å²) in [6.45, 7) is 12.3. The Morgan fingerprint density at radius 1 is 1.38 bits per heavy atom. The van der Waals surface area contributed by atoms with Gasteiger partial charge in [0.15, 0.2) is 5.78 Å². The molecule has 0 amide bonds. The molecular formula is C15H22O. The molecule has 0 aromatic carbocycles. The van der Waals surface area contributed by atoms with E-state index in [4.69, 9.17) is 0 Å². The molecule has 88 valence electrons. The van der Waals surface area contributed by atoms with E-state index in [0.29, 0.717) is 0 Å². The van der Waals surface area contributed by atoms with E-state index in [0.717, 1.165) is 23.1 Å². The Morgan fingerprint density at radius 2 is 1.94 bits per heavy atom. The van der Waals surface area contributed by atoms with Crippen LogP contribution in [-0.4, -0.2) is 5.78 Å². The predicted octanol–water partition coefficient (Wildman–Crippen LogP) is 4.21. The van der Waals surface area contributed by atoms with Crippen molar-refractivity contribution >= 4 is 5.78 Å². The van der Waals surface area contributed by atoms with Crippen molar-refractivity contribution in [2.45, 2.75) is 48.0 Å². The quantitative estimate of drug-likeness (QED) is 0.634. The van der Waals surface area contributed by atoms with Gasteiger partial charge in [-0.25, -0.2) is 0 Å². The van der Waals surface area contributed by atoms with Crippen molar-refractivity contribution in [1.82, 2.24) is 0 Å². The summed E-state index contributed by atoms with van der Waals surface area (Å²) in [5.41, 5.74) is 4.19. The lowest BCUT2D eigenvalue weighted by molar-refractivity contribution is -0.113. The zero-order chi connectivity index (χ0) is 12.5. The fraction of sp³-hybridized carbons (Fsp3) is 0.533. The van der Waals surface area contributed by atoms with Crippen LogP contribution >= 0.6 is 0 Å². The number of Topliss-reactive ketones (excluding diaryl/α,β-unsaturated/α-hetero) is 1. The summed E-state index contributed by atoms with van der Waals surface area (Å²) in [4.78, 5) is 12.3. The molecule has 16 heavy (non-hydrogen) atoms. The maximum absolute atomic E-state index is 12.3. The fourth-order valence-electron chi connectivity index (χ4n) is 2.17. The zero-order valence-corrected chi connectivity index (χ0v) is 11.3. The number of ketones is 1. The Hall–Kier alpha value is -1.11. The van der Waals surface area contributed by atoms with Crippen molar-refractivity contribution in [3.05, 3.63) is 34.4 Å². The molecular weight excluding hydrogens is 196 g/mol. The van der Waals surface area contributed by atoms with Crippen LogP contribution < -0.4 is 0 Å². The van der Waals surface area contributed by atoms with Crippen molar-refractivity contribution < 1.29 is 4.79 Å². The van der Waals surface area contributed by atoms with Gasteiger partial charge in [-0.3, -0.25) is 4.79 Å². The molecule has 0 fully saturated rings. The van der Waals surface area contributed by atoms with Gasteiger partial charge in [0.25, 0.3) is 0 Å². The van der Waals surface area contributed by atoms with Crippen molar-refractivity contribution in [2.75, 3.05) is 0 Å². The topological polar surface area (TPSA) is 17.1 Å². The summed E-state index contributed by atoms with van der Waals surface area (Å²) >= 11 is 0. The minimum absolute atomic E-state index is 0.0368. The minimum Gasteiger partial charge on any atom is -0.289 e. The van der Waals surface area contributed by atoms with Gasteiger partial charge in [-0.1, -0.05) is 31.6 Å². The second-order valence-corrected chi connectivity index (χ2v) is 5.28. The van der Waals surface area contributed by atoms with Crippen LogP contribution in [0.25, 0.3) is 0 Å². The normalized spacial score (nSPS) is 20.9. The van der Waals surface area contributed by atoms with E-state index >= 15 is 0 Å². The van der Waals surface area contributed by atoms with Crippen molar-refractivity contribution in [2.24, 2.45) is 5.41 Å². The third-order valence-corrected chi connectivity index (χ3v) is 3.58. The Bertz CT molecular complexity index is 403. The first-order chi connectivity index (χ1) is 7.31. The number of carbonyl (C=O) groups excluding carboxylic acids is 1. The maximum atomic E-state index is 12.3. The highest BCUT2D eigenvalue weighted by Gasteiger charge is 2.32. The molecule has 1 heteroatoms. The molecule has 0 atom stereocenters. The molecule has 1 nitrogen and oxygen atoms in total. The minimum atomic E-state index is -0.0368. The van der Waals surface area contributed by atoms with Crippen LogP contribution in [0.15, 0.2) is 34.4 Å². The highest BCUT2D eigenvalue weighted by Crippen LogP contribution is 2.40. The van der Waals surface area contributed by atoms with Gasteiger partial charge >= 0.3 is 0 Å². The summed E-state index contributed by atoms with van der Waals surface area (Å²) in [5, 5.41) is 0. The van der Waals surface area contributed by atoms with Crippen molar-refractivity contribution in [1.29, 1.82) is 0 Å². The van der Waals surface area contributed by atoms with Gasteiger partial charge in [0.2, 0.25) is 0 Å². The molecule has 0 aromatic heterocycles. The van der Waals surface area contributed by atoms with Gasteiger partial charge in [-0.2, -0.15) is 0 Å². The van der Waals surface area contributed by atoms with E-state index in [-0.39, 0.29) is 11.2 Å². The SMILES string of the molecule is CC=C(C)C(=O)C1=C(C)C(C)=CCC1(C)C. The van der Waals surface area contributed by atoms with E-state index < -0.39 is 0 Å². The lowest BCUT2D eigenvalue weighted by Crippen LogP contribution is -2.26. The third-order valence-electron chi connectivity index (χ3n) is 3.58. The van der Waals surface area contributed by atoms with E-state index in [9.17, 15) is 4.79 Å². The molecule has 0 aromatic rings. The van der Waals surface area contributed by atoms with Gasteiger partial charge in [0.05, 0.1) is 0 Å². The van der Waals surface area contributed by atoms with Crippen LogP contribution in [0.2, 0.25) is 0 Å². The van der Waals surface area contributed by atoms with Crippen LogP contribution in [0.4, 0.5) is 0 Å². The third kappa shape index (κ3) is 2.18. The van der Waals surface area contributed by atoms with E-state index in [2.05, 4.69) is 33.8 Å². The highest BCUT2D eigenvalue weighted by atomic mass is 16.1. The van der Waals surface area contributed by atoms with E-state index in [1.165, 1.54) is 5.57 Å². The number of hydrogen-bond acceptors (Lipinski definition) is 1. The highest BCUT2D eigenvalue weighted by molar-refractivity contribution is 6.09. The number of hydrogen-bond donors (Lipinski definition) is 0. The first-order valence-electron chi connectivity index (χ1n) is 5.87. The number of allylic oxidation sites excluding steroid dienone is 6. The monoisotopic (exact) mass is 218 g/mol. The molecule has 1 aliphatic rings. The first kappa shape index (κ1) is 13.0. The molecule has 0 saturated carbocycles. The second kappa shape index (κ2) is 4.40. The molecule has 0 N–H and O–H groups in total. The first-order valence-corrected chi connectivity index (χ1v) is 5.87.